The van der Waals surface area contributed by atoms with Crippen molar-refractivity contribution in [2.45, 2.75) is 11.8 Å². The highest BCUT2D eigenvalue weighted by Gasteiger charge is 2.33. The van der Waals surface area contributed by atoms with Crippen LogP contribution in [0.15, 0.2) is 28.7 Å². The summed E-state index contributed by atoms with van der Waals surface area (Å²) in [5, 5.41) is 0. The van der Waals surface area contributed by atoms with Crippen molar-refractivity contribution in [2.75, 3.05) is 0 Å². The molecule has 0 spiro atoms. The van der Waals surface area contributed by atoms with E-state index in [9.17, 15) is 13.2 Å². The summed E-state index contributed by atoms with van der Waals surface area (Å²) < 4.78 is 22.8. The molecular weight excluding hydrogens is 276 g/mol. The Morgan fingerprint density at radius 3 is 2.56 bits per heavy atom. The fraction of sp³-hybridized carbons (Fsp3) is 0.0909. The topological polar surface area (TPSA) is 87.6 Å². The molecule has 2 rings (SSSR count). The van der Waals surface area contributed by atoms with Crippen LogP contribution in [-0.4, -0.2) is 24.7 Å². The van der Waals surface area contributed by atoms with E-state index in [1.807, 2.05) is 0 Å². The lowest BCUT2D eigenvalue weighted by atomic mass is 9.90. The van der Waals surface area contributed by atoms with Crippen LogP contribution < -0.4 is 0 Å². The van der Waals surface area contributed by atoms with Crippen LogP contribution in [0.3, 0.4) is 0 Å². The summed E-state index contributed by atoms with van der Waals surface area (Å²) in [6.07, 6.45) is 1.46. The summed E-state index contributed by atoms with van der Waals surface area (Å²) in [4.78, 5) is 14.8. The Labute approximate surface area is 108 Å². The molecule has 0 fully saturated rings. The van der Waals surface area contributed by atoms with Crippen molar-refractivity contribution < 1.29 is 18.0 Å². The Morgan fingerprint density at radius 2 is 2.00 bits per heavy atom. The van der Waals surface area contributed by atoms with Crippen molar-refractivity contribution >= 4 is 37.3 Å². The van der Waals surface area contributed by atoms with E-state index in [4.69, 9.17) is 16.2 Å². The molecule has 0 saturated carbocycles. The SMILES string of the molecule is CC1=Cc2c(cccc2S(=O)(=O)Cl)C(=O)C1=[N+]=[N-]. The van der Waals surface area contributed by atoms with Crippen molar-refractivity contribution in [3.63, 3.8) is 0 Å². The number of ketones is 1. The summed E-state index contributed by atoms with van der Waals surface area (Å²) >= 11 is 0. The first kappa shape index (κ1) is 12.7. The average molecular weight is 283 g/mol. The summed E-state index contributed by atoms with van der Waals surface area (Å²) in [6, 6.07) is 4.19. The van der Waals surface area contributed by atoms with Gasteiger partial charge in [0.1, 0.15) is 0 Å². The molecule has 18 heavy (non-hydrogen) atoms. The lowest BCUT2D eigenvalue weighted by Gasteiger charge is -2.12. The zero-order chi connectivity index (χ0) is 13.5. The largest absolute Gasteiger partial charge is 0.365 e. The summed E-state index contributed by atoms with van der Waals surface area (Å²) in [6.45, 7) is 1.55. The first-order chi connectivity index (χ1) is 8.36. The quantitative estimate of drug-likeness (QED) is 0.447. The van der Waals surface area contributed by atoms with Crippen molar-refractivity contribution in [3.8, 4) is 0 Å². The Bertz CT molecular complexity index is 744. The maximum Gasteiger partial charge on any atom is 0.365 e. The molecule has 1 aromatic carbocycles. The summed E-state index contributed by atoms with van der Waals surface area (Å²) in [7, 11) is 1.37. The molecule has 0 unspecified atom stereocenters. The second-order valence-electron chi connectivity index (χ2n) is 3.76. The highest BCUT2D eigenvalue weighted by atomic mass is 35.7. The van der Waals surface area contributed by atoms with Crippen LogP contribution in [-0.2, 0) is 9.05 Å². The highest BCUT2D eigenvalue weighted by molar-refractivity contribution is 8.13. The van der Waals surface area contributed by atoms with Gasteiger partial charge < -0.3 is 5.53 Å². The van der Waals surface area contributed by atoms with Crippen LogP contribution in [0.25, 0.3) is 11.6 Å². The molecule has 0 N–H and O–H groups in total. The summed E-state index contributed by atoms with van der Waals surface area (Å²) in [5.41, 5.74) is 9.41. The maximum atomic E-state index is 12.0. The zero-order valence-electron chi connectivity index (χ0n) is 9.21. The van der Waals surface area contributed by atoms with Gasteiger partial charge in [0.15, 0.2) is 0 Å². The number of nitrogens with zero attached hydrogens (tertiary/aromatic N) is 2. The highest BCUT2D eigenvalue weighted by Crippen LogP contribution is 2.29. The number of allylic oxidation sites excluding steroid dienone is 1. The van der Waals surface area contributed by atoms with Crippen LogP contribution >= 0.6 is 10.7 Å². The van der Waals surface area contributed by atoms with Gasteiger partial charge in [-0.3, -0.25) is 4.79 Å². The molecule has 7 heteroatoms. The van der Waals surface area contributed by atoms with E-state index < -0.39 is 14.8 Å². The standard InChI is InChI=1S/C11H7ClN2O3S/c1-6-5-8-7(11(15)10(6)14-13)3-2-4-9(8)18(12,16)17/h2-5H,1H3. The van der Waals surface area contributed by atoms with E-state index in [-0.39, 0.29) is 21.7 Å². The number of carbonyl (C=O) groups excluding carboxylic acids is 1. The Balaban J connectivity index is 2.87. The van der Waals surface area contributed by atoms with Gasteiger partial charge in [0.25, 0.3) is 14.8 Å². The molecule has 0 saturated heterocycles. The van der Waals surface area contributed by atoms with Gasteiger partial charge in [-0.1, -0.05) is 12.1 Å². The van der Waals surface area contributed by atoms with Gasteiger partial charge in [0, 0.05) is 27.4 Å². The fourth-order valence-corrected chi connectivity index (χ4v) is 2.90. The third kappa shape index (κ3) is 1.90. The first-order valence-corrected chi connectivity index (χ1v) is 7.20. The molecule has 1 aliphatic carbocycles. The summed E-state index contributed by atoms with van der Waals surface area (Å²) in [5.74, 6) is -0.533. The van der Waals surface area contributed by atoms with Gasteiger partial charge in [0.05, 0.1) is 4.90 Å². The number of halogens is 1. The molecule has 0 heterocycles. The maximum absolute atomic E-state index is 12.0. The minimum Gasteiger partial charge on any atom is -0.361 e. The fourth-order valence-electron chi connectivity index (χ4n) is 1.82. The van der Waals surface area contributed by atoms with E-state index in [2.05, 4.69) is 4.79 Å². The van der Waals surface area contributed by atoms with Gasteiger partial charge >= 0.3 is 5.71 Å². The van der Waals surface area contributed by atoms with Crippen molar-refractivity contribution in [1.29, 1.82) is 0 Å². The first-order valence-electron chi connectivity index (χ1n) is 4.89. The second-order valence-corrected chi connectivity index (χ2v) is 6.29. The molecule has 0 bridgehead atoms. The third-order valence-corrected chi connectivity index (χ3v) is 4.00. The van der Waals surface area contributed by atoms with Crippen molar-refractivity contribution in [2.24, 2.45) is 0 Å². The third-order valence-electron chi connectivity index (χ3n) is 2.62. The lowest BCUT2D eigenvalue weighted by Crippen LogP contribution is -2.22. The van der Waals surface area contributed by atoms with Gasteiger partial charge in [-0.15, -0.1) is 0 Å². The van der Waals surface area contributed by atoms with Crippen LogP contribution in [0.2, 0.25) is 0 Å². The minimum atomic E-state index is -3.94. The minimum absolute atomic E-state index is 0.105. The molecule has 0 atom stereocenters. The average Bonchev–Trinajstić information content (AvgIpc) is 2.27. The molecule has 1 aliphatic rings. The molecule has 5 nitrogen and oxygen atoms in total. The van der Waals surface area contributed by atoms with E-state index in [1.165, 1.54) is 24.3 Å². The van der Waals surface area contributed by atoms with E-state index in [0.717, 1.165) is 0 Å². The lowest BCUT2D eigenvalue weighted by molar-refractivity contribution is -0.00533. The zero-order valence-corrected chi connectivity index (χ0v) is 10.8. The van der Waals surface area contributed by atoms with Gasteiger partial charge in [-0.25, -0.2) is 8.42 Å². The number of benzene rings is 1. The normalized spacial score (nSPS) is 14.9. The Hall–Kier alpha value is -1.75. The Kier molecular flexibility index (Phi) is 2.94. The molecule has 1 aromatic rings. The van der Waals surface area contributed by atoms with E-state index >= 15 is 0 Å². The number of rotatable bonds is 1. The van der Waals surface area contributed by atoms with Crippen molar-refractivity contribution in [3.05, 3.63) is 40.4 Å². The predicted molar refractivity (Wildman–Crippen MR) is 66.1 cm³/mol. The number of carbonyl (C=O) groups is 1. The smallest absolute Gasteiger partial charge is 0.361 e. The van der Waals surface area contributed by atoms with Crippen LogP contribution in [0.5, 0.6) is 0 Å². The number of hydrogen-bond acceptors (Lipinski definition) is 3. The Morgan fingerprint density at radius 1 is 1.33 bits per heavy atom. The number of Topliss-reactive ketones (excluding diaryl/α,β-unsaturated/α-hetero) is 1. The number of fused-ring (bicyclic) bond motifs is 1. The monoisotopic (exact) mass is 282 g/mol. The molecule has 0 aliphatic heterocycles. The van der Waals surface area contributed by atoms with Crippen LogP contribution in [0.1, 0.15) is 22.8 Å². The molecular formula is C11H7ClN2O3S. The van der Waals surface area contributed by atoms with Crippen LogP contribution in [0, 0.1) is 0 Å². The van der Waals surface area contributed by atoms with E-state index in [0.29, 0.717) is 5.57 Å². The molecule has 0 radical (unpaired) electrons. The second kappa shape index (κ2) is 4.17. The molecule has 0 amide bonds. The number of hydrogen-bond donors (Lipinski definition) is 0. The van der Waals surface area contributed by atoms with Gasteiger partial charge in [0.2, 0.25) is 0 Å². The van der Waals surface area contributed by atoms with Crippen molar-refractivity contribution in [1.82, 2.24) is 0 Å². The molecule has 0 aromatic heterocycles. The van der Waals surface area contributed by atoms with Gasteiger partial charge in [-0.05, 0) is 19.1 Å². The van der Waals surface area contributed by atoms with Crippen LogP contribution in [0.4, 0.5) is 0 Å². The van der Waals surface area contributed by atoms with Gasteiger partial charge in [-0.2, -0.15) is 4.79 Å². The van der Waals surface area contributed by atoms with E-state index in [1.54, 1.807) is 6.92 Å². The molecule has 92 valence electrons. The predicted octanol–water partition coefficient (Wildman–Crippen LogP) is 1.88.